The monoisotopic (exact) mass is 328 g/mol. The number of piperazine rings is 1. The molecule has 0 aliphatic carbocycles. The van der Waals surface area contributed by atoms with Crippen LogP contribution in [-0.4, -0.2) is 48.1 Å². The number of hydrogen-bond acceptors (Lipinski definition) is 5. The van der Waals surface area contributed by atoms with E-state index in [-0.39, 0.29) is 11.4 Å². The third-order valence-corrected chi connectivity index (χ3v) is 3.08. The maximum atomic E-state index is 11.9. The standard InChI is InChI=1S/C11H13BrN4O3/c12-7-5-8(9(13)17)10(15-6-7)19-11(18)16-3-1-14-2-4-16/h5-6,14H,1-4H2,(H2,13,17). The number of carbonyl (C=O) groups excluding carboxylic acids is 2. The molecule has 1 fully saturated rings. The van der Waals surface area contributed by atoms with Gasteiger partial charge in [-0.15, -0.1) is 0 Å². The van der Waals surface area contributed by atoms with Crippen molar-refractivity contribution in [3.8, 4) is 5.88 Å². The van der Waals surface area contributed by atoms with Crippen LogP contribution in [0, 0.1) is 0 Å². The number of aromatic nitrogens is 1. The van der Waals surface area contributed by atoms with E-state index in [1.165, 1.54) is 12.3 Å². The minimum Gasteiger partial charge on any atom is -0.390 e. The first-order valence-electron chi connectivity index (χ1n) is 5.71. The SMILES string of the molecule is NC(=O)c1cc(Br)cnc1OC(=O)N1CCNCC1. The van der Waals surface area contributed by atoms with Crippen LogP contribution in [0.4, 0.5) is 4.79 Å². The molecular formula is C11H13BrN4O3. The number of halogens is 1. The summed E-state index contributed by atoms with van der Waals surface area (Å²) < 4.78 is 5.71. The fourth-order valence-corrected chi connectivity index (χ4v) is 2.01. The molecule has 2 heterocycles. The molecule has 8 heteroatoms. The van der Waals surface area contributed by atoms with E-state index in [1.54, 1.807) is 4.90 Å². The predicted octanol–water partition coefficient (Wildman–Crippen LogP) is 0.347. The number of carbonyl (C=O) groups is 2. The zero-order chi connectivity index (χ0) is 13.8. The van der Waals surface area contributed by atoms with Gasteiger partial charge < -0.3 is 20.7 Å². The summed E-state index contributed by atoms with van der Waals surface area (Å²) in [7, 11) is 0. The smallest absolute Gasteiger partial charge is 0.390 e. The van der Waals surface area contributed by atoms with Crippen molar-refractivity contribution < 1.29 is 14.3 Å². The first-order valence-corrected chi connectivity index (χ1v) is 6.50. The molecule has 0 atom stereocenters. The molecule has 2 amide bonds. The molecule has 2 rings (SSSR count). The van der Waals surface area contributed by atoms with Gasteiger partial charge in [-0.2, -0.15) is 0 Å². The molecule has 19 heavy (non-hydrogen) atoms. The molecule has 0 unspecified atom stereocenters. The highest BCUT2D eigenvalue weighted by Gasteiger charge is 2.21. The Bertz CT molecular complexity index is 503. The second-order valence-corrected chi connectivity index (χ2v) is 4.89. The van der Waals surface area contributed by atoms with Gasteiger partial charge in [-0.1, -0.05) is 0 Å². The van der Waals surface area contributed by atoms with Gasteiger partial charge in [0.15, 0.2) is 0 Å². The fraction of sp³-hybridized carbons (Fsp3) is 0.364. The van der Waals surface area contributed by atoms with Crippen LogP contribution < -0.4 is 15.8 Å². The average molecular weight is 329 g/mol. The number of primary amides is 1. The minimum atomic E-state index is -0.697. The molecule has 7 nitrogen and oxygen atoms in total. The van der Waals surface area contributed by atoms with Gasteiger partial charge in [-0.3, -0.25) is 4.79 Å². The highest BCUT2D eigenvalue weighted by atomic mass is 79.9. The summed E-state index contributed by atoms with van der Waals surface area (Å²) in [6, 6.07) is 1.47. The third-order valence-electron chi connectivity index (χ3n) is 2.64. The number of pyridine rings is 1. The van der Waals surface area contributed by atoms with Gasteiger partial charge in [-0.25, -0.2) is 9.78 Å². The molecule has 1 saturated heterocycles. The Labute approximate surface area is 118 Å². The molecule has 102 valence electrons. The summed E-state index contributed by atoms with van der Waals surface area (Å²) in [4.78, 5) is 28.6. The lowest BCUT2D eigenvalue weighted by molar-refractivity contribution is 0.0995. The van der Waals surface area contributed by atoms with Crippen LogP contribution in [0.3, 0.4) is 0 Å². The van der Waals surface area contributed by atoms with Crippen LogP contribution in [0.5, 0.6) is 5.88 Å². The molecule has 1 aromatic rings. The zero-order valence-electron chi connectivity index (χ0n) is 10.1. The van der Waals surface area contributed by atoms with Crippen LogP contribution in [-0.2, 0) is 0 Å². The maximum Gasteiger partial charge on any atom is 0.416 e. The van der Waals surface area contributed by atoms with Crippen LogP contribution >= 0.6 is 15.9 Å². The lowest BCUT2D eigenvalue weighted by Crippen LogP contribution is -2.47. The summed E-state index contributed by atoms with van der Waals surface area (Å²) in [5, 5.41) is 3.13. The summed E-state index contributed by atoms with van der Waals surface area (Å²) in [5.74, 6) is -0.767. The van der Waals surface area contributed by atoms with Gasteiger partial charge in [0.05, 0.1) is 0 Å². The number of hydrogen-bond donors (Lipinski definition) is 2. The van der Waals surface area contributed by atoms with E-state index in [9.17, 15) is 9.59 Å². The van der Waals surface area contributed by atoms with Gasteiger partial charge in [0.1, 0.15) is 5.56 Å². The zero-order valence-corrected chi connectivity index (χ0v) is 11.6. The molecule has 1 aromatic heterocycles. The Morgan fingerprint density at radius 2 is 2.11 bits per heavy atom. The van der Waals surface area contributed by atoms with Crippen molar-refractivity contribution in [2.24, 2.45) is 5.73 Å². The molecule has 1 aliphatic heterocycles. The molecular weight excluding hydrogens is 316 g/mol. The van der Waals surface area contributed by atoms with Gasteiger partial charge in [0.2, 0.25) is 5.88 Å². The van der Waals surface area contributed by atoms with E-state index in [4.69, 9.17) is 10.5 Å². The fourth-order valence-electron chi connectivity index (χ4n) is 1.68. The van der Waals surface area contributed by atoms with E-state index in [0.29, 0.717) is 30.7 Å². The van der Waals surface area contributed by atoms with Crippen LogP contribution in [0.15, 0.2) is 16.7 Å². The lowest BCUT2D eigenvalue weighted by atomic mass is 10.2. The van der Waals surface area contributed by atoms with Gasteiger partial charge in [0, 0.05) is 36.8 Å². The van der Waals surface area contributed by atoms with Crippen molar-refractivity contribution in [2.45, 2.75) is 0 Å². The van der Waals surface area contributed by atoms with Crippen molar-refractivity contribution in [1.82, 2.24) is 15.2 Å². The summed E-state index contributed by atoms with van der Waals surface area (Å²) in [6.07, 6.45) is 0.908. The maximum absolute atomic E-state index is 11.9. The van der Waals surface area contributed by atoms with Crippen molar-refractivity contribution in [3.05, 3.63) is 22.3 Å². The number of amides is 2. The van der Waals surface area contributed by atoms with Gasteiger partial charge >= 0.3 is 6.09 Å². The first-order chi connectivity index (χ1) is 9.08. The lowest BCUT2D eigenvalue weighted by Gasteiger charge is -2.26. The Morgan fingerprint density at radius 3 is 2.74 bits per heavy atom. The van der Waals surface area contributed by atoms with Crippen molar-refractivity contribution in [1.29, 1.82) is 0 Å². The molecule has 1 aliphatic rings. The van der Waals surface area contributed by atoms with Gasteiger partial charge in [-0.05, 0) is 22.0 Å². The topological polar surface area (TPSA) is 97.5 Å². The Morgan fingerprint density at radius 1 is 1.42 bits per heavy atom. The molecule has 0 radical (unpaired) electrons. The number of rotatable bonds is 2. The molecule has 3 N–H and O–H groups in total. The van der Waals surface area contributed by atoms with Gasteiger partial charge in [0.25, 0.3) is 5.91 Å². The predicted molar refractivity (Wildman–Crippen MR) is 70.9 cm³/mol. The Balaban J connectivity index is 2.13. The average Bonchev–Trinajstić information content (AvgIpc) is 2.41. The molecule has 0 aromatic carbocycles. The number of ether oxygens (including phenoxy) is 1. The summed E-state index contributed by atoms with van der Waals surface area (Å²) >= 11 is 3.18. The normalized spacial score (nSPS) is 15.1. The number of nitrogens with two attached hydrogens (primary N) is 1. The van der Waals surface area contributed by atoms with Crippen LogP contribution in [0.25, 0.3) is 0 Å². The molecule has 0 saturated carbocycles. The summed E-state index contributed by atoms with van der Waals surface area (Å²) in [6.45, 7) is 2.54. The molecule has 0 bridgehead atoms. The van der Waals surface area contributed by atoms with E-state index in [1.807, 2.05) is 0 Å². The first kappa shape index (κ1) is 13.8. The van der Waals surface area contributed by atoms with E-state index < -0.39 is 12.0 Å². The second kappa shape index (κ2) is 5.98. The highest BCUT2D eigenvalue weighted by Crippen LogP contribution is 2.20. The largest absolute Gasteiger partial charge is 0.416 e. The third kappa shape index (κ3) is 3.42. The van der Waals surface area contributed by atoms with E-state index in [0.717, 1.165) is 0 Å². The Kier molecular flexibility index (Phi) is 4.33. The van der Waals surface area contributed by atoms with Crippen LogP contribution in [0.1, 0.15) is 10.4 Å². The number of nitrogens with zero attached hydrogens (tertiary/aromatic N) is 2. The van der Waals surface area contributed by atoms with E-state index >= 15 is 0 Å². The van der Waals surface area contributed by atoms with Crippen LogP contribution in [0.2, 0.25) is 0 Å². The van der Waals surface area contributed by atoms with Crippen molar-refractivity contribution in [3.63, 3.8) is 0 Å². The van der Waals surface area contributed by atoms with E-state index in [2.05, 4.69) is 26.2 Å². The summed E-state index contributed by atoms with van der Waals surface area (Å²) in [5.41, 5.74) is 5.29. The van der Waals surface area contributed by atoms with Crippen molar-refractivity contribution in [2.75, 3.05) is 26.2 Å². The Hall–Kier alpha value is -1.67. The molecule has 0 spiro atoms. The minimum absolute atomic E-state index is 0.0675. The number of nitrogens with one attached hydrogen (secondary N) is 1. The highest BCUT2D eigenvalue weighted by molar-refractivity contribution is 9.10. The second-order valence-electron chi connectivity index (χ2n) is 3.98. The quantitative estimate of drug-likeness (QED) is 0.816. The van der Waals surface area contributed by atoms with Crippen molar-refractivity contribution >= 4 is 27.9 Å².